The molecular weight excluding hydrogens is 360 g/mol. The molecule has 2 N–H and O–H groups in total. The number of hydrogen-bond donors (Lipinski definition) is 2. The van der Waals surface area contributed by atoms with Gasteiger partial charge in [0.1, 0.15) is 10.7 Å². The van der Waals surface area contributed by atoms with Crippen molar-refractivity contribution >= 4 is 31.8 Å². The van der Waals surface area contributed by atoms with Crippen molar-refractivity contribution in [3.8, 4) is 0 Å². The molecule has 0 unspecified atom stereocenters. The minimum atomic E-state index is -3.62. The van der Waals surface area contributed by atoms with Gasteiger partial charge in [-0.05, 0) is 36.1 Å². The summed E-state index contributed by atoms with van der Waals surface area (Å²) >= 11 is 3.22. The van der Waals surface area contributed by atoms with Crippen molar-refractivity contribution in [3.05, 3.63) is 16.7 Å². The zero-order valence-corrected chi connectivity index (χ0v) is 14.8. The van der Waals surface area contributed by atoms with Gasteiger partial charge in [-0.2, -0.15) is 0 Å². The van der Waals surface area contributed by atoms with Crippen LogP contribution >= 0.6 is 15.9 Å². The van der Waals surface area contributed by atoms with Crippen LogP contribution in [0, 0.1) is 0 Å². The fourth-order valence-corrected chi connectivity index (χ4v) is 3.17. The molecule has 0 saturated carbocycles. The van der Waals surface area contributed by atoms with Crippen LogP contribution in [-0.2, 0) is 14.8 Å². The molecule has 21 heavy (non-hydrogen) atoms. The minimum absolute atomic E-state index is 0.104. The van der Waals surface area contributed by atoms with Crippen LogP contribution in [0.3, 0.4) is 0 Å². The molecule has 0 aromatic carbocycles. The Hall–Kier alpha value is -0.740. The first-order valence-corrected chi connectivity index (χ1v) is 8.70. The highest BCUT2D eigenvalue weighted by molar-refractivity contribution is 9.10. The highest BCUT2D eigenvalue weighted by Crippen LogP contribution is 2.22. The van der Waals surface area contributed by atoms with Crippen molar-refractivity contribution in [2.75, 3.05) is 52.8 Å². The number of ether oxygens (including phenoxy) is 1. The van der Waals surface area contributed by atoms with E-state index in [4.69, 9.17) is 4.74 Å². The summed E-state index contributed by atoms with van der Waals surface area (Å²) in [4.78, 5) is 6.13. The summed E-state index contributed by atoms with van der Waals surface area (Å²) in [7, 11) is 1.90. The predicted molar refractivity (Wildman–Crippen MR) is 86.0 cm³/mol. The van der Waals surface area contributed by atoms with Crippen LogP contribution in [0.15, 0.2) is 21.6 Å². The highest BCUT2D eigenvalue weighted by atomic mass is 79.9. The van der Waals surface area contributed by atoms with E-state index in [9.17, 15) is 8.42 Å². The molecule has 0 fully saturated rings. The highest BCUT2D eigenvalue weighted by Gasteiger charge is 2.19. The maximum Gasteiger partial charge on any atom is 0.244 e. The second-order valence-electron chi connectivity index (χ2n) is 4.56. The second-order valence-corrected chi connectivity index (χ2v) is 7.21. The second kappa shape index (κ2) is 8.64. The van der Waals surface area contributed by atoms with Gasteiger partial charge in [0.05, 0.1) is 13.2 Å². The lowest BCUT2D eigenvalue weighted by atomic mass is 10.4. The van der Waals surface area contributed by atoms with Crippen LogP contribution < -0.4 is 10.0 Å². The van der Waals surface area contributed by atoms with E-state index in [1.54, 1.807) is 7.05 Å². The molecule has 1 aromatic rings. The number of likely N-dealkylation sites (N-methyl/N-ethyl adjacent to an activating group) is 1. The Morgan fingerprint density at radius 3 is 2.71 bits per heavy atom. The lowest BCUT2D eigenvalue weighted by Gasteiger charge is -2.12. The Kier molecular flexibility index (Phi) is 7.53. The molecule has 9 heteroatoms. The molecule has 0 aliphatic heterocycles. The molecular formula is C12H21BrN4O3S. The molecule has 120 valence electrons. The van der Waals surface area contributed by atoms with Crippen molar-refractivity contribution in [3.63, 3.8) is 0 Å². The van der Waals surface area contributed by atoms with Gasteiger partial charge < -0.3 is 15.0 Å². The van der Waals surface area contributed by atoms with Crippen molar-refractivity contribution in [1.29, 1.82) is 0 Å². The summed E-state index contributed by atoms with van der Waals surface area (Å²) in [5, 5.41) is 2.76. The Balaban J connectivity index is 2.56. The Morgan fingerprint density at radius 1 is 1.38 bits per heavy atom. The first kappa shape index (κ1) is 18.3. The third kappa shape index (κ3) is 6.27. The number of anilines is 1. The number of halogens is 1. The summed E-state index contributed by atoms with van der Waals surface area (Å²) in [6, 6.07) is 1.51. The topological polar surface area (TPSA) is 83.6 Å². The Labute approximate surface area is 134 Å². The molecule has 0 bridgehead atoms. The van der Waals surface area contributed by atoms with Gasteiger partial charge in [-0.3, -0.25) is 0 Å². The summed E-state index contributed by atoms with van der Waals surface area (Å²) < 4.78 is 32.9. The molecule has 1 aromatic heterocycles. The fraction of sp³-hybridized carbons (Fsp3) is 0.583. The van der Waals surface area contributed by atoms with E-state index in [1.165, 1.54) is 12.3 Å². The standard InChI is InChI=1S/C12H21BrN4O3S/c1-14-12-11(8-10(13)9-15-12)21(18,19)16-4-6-20-7-5-17(2)3/h8-9,16H,4-7H2,1-3H3,(H,14,15). The zero-order valence-electron chi connectivity index (χ0n) is 12.4. The molecule has 0 amide bonds. The van der Waals surface area contributed by atoms with Gasteiger partial charge in [0.25, 0.3) is 0 Å². The summed E-state index contributed by atoms with van der Waals surface area (Å²) in [6.45, 7) is 1.90. The smallest absolute Gasteiger partial charge is 0.244 e. The van der Waals surface area contributed by atoms with Crippen LogP contribution in [0.5, 0.6) is 0 Å². The lowest BCUT2D eigenvalue weighted by Crippen LogP contribution is -2.29. The number of aromatic nitrogens is 1. The largest absolute Gasteiger partial charge is 0.379 e. The molecule has 1 heterocycles. The zero-order chi connectivity index (χ0) is 15.9. The SMILES string of the molecule is CNc1ncc(Br)cc1S(=O)(=O)NCCOCCN(C)C. The van der Waals surface area contributed by atoms with Crippen molar-refractivity contribution in [1.82, 2.24) is 14.6 Å². The van der Waals surface area contributed by atoms with E-state index < -0.39 is 10.0 Å². The van der Waals surface area contributed by atoms with Gasteiger partial charge in [0.15, 0.2) is 0 Å². The van der Waals surface area contributed by atoms with Gasteiger partial charge in [-0.25, -0.2) is 18.1 Å². The summed E-state index contributed by atoms with van der Waals surface area (Å²) in [6.07, 6.45) is 1.54. The van der Waals surface area contributed by atoms with Gasteiger partial charge in [0.2, 0.25) is 10.0 Å². The normalized spacial score (nSPS) is 11.9. The number of nitrogens with zero attached hydrogens (tertiary/aromatic N) is 2. The number of rotatable bonds is 9. The quantitative estimate of drug-likeness (QED) is 0.614. The summed E-state index contributed by atoms with van der Waals surface area (Å²) in [5.74, 6) is 0.305. The number of sulfonamides is 1. The first-order valence-electron chi connectivity index (χ1n) is 6.42. The maximum atomic E-state index is 12.2. The Morgan fingerprint density at radius 2 is 2.10 bits per heavy atom. The van der Waals surface area contributed by atoms with Crippen LogP contribution in [0.1, 0.15) is 0 Å². The van der Waals surface area contributed by atoms with Gasteiger partial charge in [-0.1, -0.05) is 0 Å². The van der Waals surface area contributed by atoms with Crippen LogP contribution in [0.25, 0.3) is 0 Å². The van der Waals surface area contributed by atoms with E-state index in [2.05, 4.69) is 31.0 Å². The van der Waals surface area contributed by atoms with E-state index in [1.807, 2.05) is 19.0 Å². The lowest BCUT2D eigenvalue weighted by molar-refractivity contribution is 0.122. The van der Waals surface area contributed by atoms with Gasteiger partial charge in [-0.15, -0.1) is 0 Å². The van der Waals surface area contributed by atoms with Crippen LogP contribution in [0.4, 0.5) is 5.82 Å². The average molecular weight is 381 g/mol. The van der Waals surface area contributed by atoms with Crippen LogP contribution in [0.2, 0.25) is 0 Å². The summed E-state index contributed by atoms with van der Waals surface area (Å²) in [5.41, 5.74) is 0. The van der Waals surface area contributed by atoms with Gasteiger partial charge >= 0.3 is 0 Å². The van der Waals surface area contributed by atoms with Gasteiger partial charge in [0, 0.05) is 30.8 Å². The van der Waals surface area contributed by atoms with E-state index in [0.717, 1.165) is 6.54 Å². The molecule has 0 spiro atoms. The molecule has 0 radical (unpaired) electrons. The molecule has 1 rings (SSSR count). The molecule has 0 saturated heterocycles. The van der Waals surface area contributed by atoms with Crippen LogP contribution in [-0.4, -0.2) is 65.7 Å². The monoisotopic (exact) mass is 380 g/mol. The fourth-order valence-electron chi connectivity index (χ4n) is 1.49. The third-order valence-electron chi connectivity index (χ3n) is 2.57. The van der Waals surface area contributed by atoms with E-state index in [0.29, 0.717) is 23.5 Å². The molecule has 7 nitrogen and oxygen atoms in total. The first-order chi connectivity index (χ1) is 9.86. The van der Waals surface area contributed by atoms with Crippen molar-refractivity contribution < 1.29 is 13.2 Å². The number of pyridine rings is 1. The molecule has 0 aliphatic carbocycles. The van der Waals surface area contributed by atoms with Crippen molar-refractivity contribution in [2.45, 2.75) is 4.90 Å². The molecule has 0 atom stereocenters. The average Bonchev–Trinajstić information content (AvgIpc) is 2.42. The minimum Gasteiger partial charge on any atom is -0.379 e. The van der Waals surface area contributed by atoms with E-state index >= 15 is 0 Å². The predicted octanol–water partition coefficient (Wildman–Crippen LogP) is 0.742. The Bertz CT molecular complexity index is 551. The van der Waals surface area contributed by atoms with Crippen molar-refractivity contribution in [2.24, 2.45) is 0 Å². The maximum absolute atomic E-state index is 12.2. The number of hydrogen-bond acceptors (Lipinski definition) is 6. The third-order valence-corrected chi connectivity index (χ3v) is 4.48. The molecule has 0 aliphatic rings. The van der Waals surface area contributed by atoms with E-state index in [-0.39, 0.29) is 11.4 Å². The number of nitrogens with one attached hydrogen (secondary N) is 2.